The first-order valence-corrected chi connectivity index (χ1v) is 11.5. The molecule has 2 aromatic heterocycles. The predicted octanol–water partition coefficient (Wildman–Crippen LogP) is 5.07. The van der Waals surface area contributed by atoms with Gasteiger partial charge in [0.05, 0.1) is 5.75 Å². The molecule has 3 heterocycles. The molecule has 4 nitrogen and oxygen atoms in total. The zero-order valence-electron chi connectivity index (χ0n) is 16.0. The Bertz CT molecular complexity index is 833. The third kappa shape index (κ3) is 3.38. The average Bonchev–Trinajstić information content (AvgIpc) is 3.40. The van der Waals surface area contributed by atoms with Gasteiger partial charge < -0.3 is 4.90 Å². The number of aromatic nitrogens is 2. The van der Waals surface area contributed by atoms with Crippen LogP contribution < -0.4 is 0 Å². The Hall–Kier alpha value is -1.14. The van der Waals surface area contributed by atoms with Crippen LogP contribution in [0.25, 0.3) is 10.2 Å². The van der Waals surface area contributed by atoms with E-state index in [4.69, 9.17) is 9.97 Å². The van der Waals surface area contributed by atoms with Crippen molar-refractivity contribution in [1.29, 1.82) is 0 Å². The second-order valence-electron chi connectivity index (χ2n) is 7.84. The molecular formula is C20H27N3OS2. The zero-order chi connectivity index (χ0) is 18.4. The van der Waals surface area contributed by atoms with Gasteiger partial charge in [0, 0.05) is 28.3 Å². The summed E-state index contributed by atoms with van der Waals surface area (Å²) in [6.45, 7) is 8.65. The van der Waals surface area contributed by atoms with Crippen LogP contribution in [0.2, 0.25) is 0 Å². The number of rotatable bonds is 4. The van der Waals surface area contributed by atoms with Gasteiger partial charge in [0.25, 0.3) is 0 Å². The molecule has 2 fully saturated rings. The Labute approximate surface area is 163 Å². The largest absolute Gasteiger partial charge is 0.337 e. The van der Waals surface area contributed by atoms with Gasteiger partial charge in [0.2, 0.25) is 5.91 Å². The van der Waals surface area contributed by atoms with Crippen LogP contribution in [0.15, 0.2) is 5.03 Å². The summed E-state index contributed by atoms with van der Waals surface area (Å²) in [4.78, 5) is 27.1. The molecular weight excluding hydrogens is 362 g/mol. The molecule has 26 heavy (non-hydrogen) atoms. The standard InChI is InChI=1S/C20H27N3OS2/c1-11-6-5-7-12(2)23(11)16(24)10-25-19-17-13(3)14(4)26-20(17)22-18(21-19)15-8-9-15/h11-12,15H,5-10H2,1-4H3/t11-,12+. The fourth-order valence-electron chi connectivity index (χ4n) is 3.97. The van der Waals surface area contributed by atoms with E-state index in [0.29, 0.717) is 23.8 Å². The van der Waals surface area contributed by atoms with Crippen molar-refractivity contribution in [2.24, 2.45) is 0 Å². The van der Waals surface area contributed by atoms with Gasteiger partial charge in [-0.3, -0.25) is 4.79 Å². The summed E-state index contributed by atoms with van der Waals surface area (Å²) in [7, 11) is 0. The second kappa shape index (κ2) is 7.12. The molecule has 2 aliphatic rings. The molecule has 1 amide bonds. The number of fused-ring (bicyclic) bond motifs is 1. The Morgan fingerprint density at radius 3 is 2.50 bits per heavy atom. The maximum absolute atomic E-state index is 12.9. The van der Waals surface area contributed by atoms with E-state index in [1.54, 1.807) is 23.1 Å². The summed E-state index contributed by atoms with van der Waals surface area (Å²) in [5.74, 6) is 2.23. The lowest BCUT2D eigenvalue weighted by Gasteiger charge is -2.39. The molecule has 2 atom stereocenters. The highest BCUT2D eigenvalue weighted by Gasteiger charge is 2.31. The number of likely N-dealkylation sites (tertiary alicyclic amines) is 1. The number of thiophene rings is 1. The van der Waals surface area contributed by atoms with E-state index < -0.39 is 0 Å². The molecule has 1 aliphatic carbocycles. The predicted molar refractivity (Wildman–Crippen MR) is 109 cm³/mol. The fraction of sp³-hybridized carbons (Fsp3) is 0.650. The molecule has 1 aliphatic heterocycles. The molecule has 0 bridgehead atoms. The number of carbonyl (C=O) groups is 1. The van der Waals surface area contributed by atoms with E-state index >= 15 is 0 Å². The first-order valence-electron chi connectivity index (χ1n) is 9.67. The number of hydrogen-bond donors (Lipinski definition) is 0. The van der Waals surface area contributed by atoms with E-state index in [1.807, 2.05) is 0 Å². The van der Waals surface area contributed by atoms with Crippen molar-refractivity contribution in [2.75, 3.05) is 5.75 Å². The number of hydrogen-bond acceptors (Lipinski definition) is 5. The topological polar surface area (TPSA) is 46.1 Å². The molecule has 0 aromatic carbocycles. The molecule has 0 radical (unpaired) electrons. The Kier molecular flexibility index (Phi) is 4.99. The summed E-state index contributed by atoms with van der Waals surface area (Å²) < 4.78 is 0. The Morgan fingerprint density at radius 2 is 1.85 bits per heavy atom. The first-order chi connectivity index (χ1) is 12.5. The fourth-order valence-corrected chi connectivity index (χ4v) is 6.04. The minimum Gasteiger partial charge on any atom is -0.337 e. The van der Waals surface area contributed by atoms with Gasteiger partial charge in [-0.25, -0.2) is 9.97 Å². The summed E-state index contributed by atoms with van der Waals surface area (Å²) >= 11 is 3.36. The SMILES string of the molecule is Cc1sc2nc(C3CC3)nc(SCC(=O)N3[C@H](C)CCC[C@@H]3C)c2c1C. The quantitative estimate of drug-likeness (QED) is 0.541. The maximum Gasteiger partial charge on any atom is 0.233 e. The van der Waals surface area contributed by atoms with E-state index in [-0.39, 0.29) is 5.91 Å². The van der Waals surface area contributed by atoms with E-state index in [1.165, 1.54) is 29.7 Å². The lowest BCUT2D eigenvalue weighted by Crippen LogP contribution is -2.48. The van der Waals surface area contributed by atoms with Crippen LogP contribution in [0.1, 0.15) is 68.1 Å². The maximum atomic E-state index is 12.9. The van der Waals surface area contributed by atoms with Crippen LogP contribution in [-0.4, -0.2) is 38.6 Å². The van der Waals surface area contributed by atoms with E-state index in [2.05, 4.69) is 32.6 Å². The lowest BCUT2D eigenvalue weighted by atomic mass is 9.98. The van der Waals surface area contributed by atoms with Crippen LogP contribution in [0.5, 0.6) is 0 Å². The number of nitrogens with zero attached hydrogens (tertiary/aromatic N) is 3. The highest BCUT2D eigenvalue weighted by molar-refractivity contribution is 8.00. The van der Waals surface area contributed by atoms with Gasteiger partial charge in [0.15, 0.2) is 0 Å². The van der Waals surface area contributed by atoms with Gasteiger partial charge in [-0.05, 0) is 65.4 Å². The Morgan fingerprint density at radius 1 is 1.15 bits per heavy atom. The molecule has 140 valence electrons. The van der Waals surface area contributed by atoms with Gasteiger partial charge in [-0.2, -0.15) is 0 Å². The van der Waals surface area contributed by atoms with Crippen LogP contribution in [0.4, 0.5) is 0 Å². The molecule has 4 rings (SSSR count). The molecule has 1 saturated heterocycles. The van der Waals surface area contributed by atoms with Crippen LogP contribution in [-0.2, 0) is 4.79 Å². The summed E-state index contributed by atoms with van der Waals surface area (Å²) in [6.07, 6.45) is 5.85. The van der Waals surface area contributed by atoms with Crippen molar-refractivity contribution in [2.45, 2.75) is 82.8 Å². The van der Waals surface area contributed by atoms with Crippen molar-refractivity contribution in [3.8, 4) is 0 Å². The van der Waals surface area contributed by atoms with E-state index in [9.17, 15) is 4.79 Å². The van der Waals surface area contributed by atoms with Crippen LogP contribution >= 0.6 is 23.1 Å². The number of amides is 1. The monoisotopic (exact) mass is 389 g/mol. The van der Waals surface area contributed by atoms with Crippen molar-refractivity contribution >= 4 is 39.2 Å². The molecule has 1 saturated carbocycles. The van der Waals surface area contributed by atoms with Crippen molar-refractivity contribution < 1.29 is 4.79 Å². The second-order valence-corrected chi connectivity index (χ2v) is 10.0. The molecule has 6 heteroatoms. The van der Waals surface area contributed by atoms with Crippen molar-refractivity contribution in [1.82, 2.24) is 14.9 Å². The van der Waals surface area contributed by atoms with Crippen LogP contribution in [0, 0.1) is 13.8 Å². The highest BCUT2D eigenvalue weighted by atomic mass is 32.2. The molecule has 0 spiro atoms. The van der Waals surface area contributed by atoms with Crippen molar-refractivity contribution in [3.63, 3.8) is 0 Å². The third-order valence-electron chi connectivity index (χ3n) is 5.77. The number of thioether (sulfide) groups is 1. The number of piperidine rings is 1. The van der Waals surface area contributed by atoms with Crippen LogP contribution in [0.3, 0.4) is 0 Å². The van der Waals surface area contributed by atoms with Gasteiger partial charge in [-0.15, -0.1) is 11.3 Å². The summed E-state index contributed by atoms with van der Waals surface area (Å²) in [5.41, 5.74) is 1.27. The molecule has 0 unspecified atom stereocenters. The summed E-state index contributed by atoms with van der Waals surface area (Å²) in [5, 5.41) is 2.17. The molecule has 0 N–H and O–H groups in total. The first kappa shape index (κ1) is 18.2. The summed E-state index contributed by atoms with van der Waals surface area (Å²) in [6, 6.07) is 0.703. The average molecular weight is 390 g/mol. The van der Waals surface area contributed by atoms with E-state index in [0.717, 1.165) is 33.9 Å². The Balaban J connectivity index is 1.59. The third-order valence-corrected chi connectivity index (χ3v) is 7.83. The zero-order valence-corrected chi connectivity index (χ0v) is 17.7. The lowest BCUT2D eigenvalue weighted by molar-refractivity contribution is -0.134. The smallest absolute Gasteiger partial charge is 0.233 e. The minimum atomic E-state index is 0.249. The number of aryl methyl sites for hydroxylation is 2. The number of carbonyl (C=O) groups excluding carboxylic acids is 1. The van der Waals surface area contributed by atoms with Gasteiger partial charge >= 0.3 is 0 Å². The highest BCUT2D eigenvalue weighted by Crippen LogP contribution is 2.42. The van der Waals surface area contributed by atoms with Gasteiger partial charge in [0.1, 0.15) is 15.7 Å². The normalized spacial score (nSPS) is 23.6. The molecule has 2 aromatic rings. The van der Waals surface area contributed by atoms with Gasteiger partial charge in [-0.1, -0.05) is 11.8 Å². The minimum absolute atomic E-state index is 0.249. The van der Waals surface area contributed by atoms with Crippen molar-refractivity contribution in [3.05, 3.63) is 16.3 Å².